The summed E-state index contributed by atoms with van der Waals surface area (Å²) in [6.45, 7) is 7.81. The predicted octanol–water partition coefficient (Wildman–Crippen LogP) is 0.433. The molecular formula is C10H22N2O2. The Kier molecular flexibility index (Phi) is 7.42. The quantitative estimate of drug-likeness (QED) is 0.651. The van der Waals surface area contributed by atoms with Crippen molar-refractivity contribution in [3.8, 4) is 0 Å². The van der Waals surface area contributed by atoms with Crippen molar-refractivity contribution in [3.63, 3.8) is 0 Å². The van der Waals surface area contributed by atoms with Crippen molar-refractivity contribution in [2.75, 3.05) is 46.9 Å². The van der Waals surface area contributed by atoms with Crippen molar-refractivity contribution in [3.05, 3.63) is 0 Å². The van der Waals surface area contributed by atoms with Crippen LogP contribution in [0.1, 0.15) is 13.8 Å². The molecule has 0 aromatic rings. The zero-order valence-electron chi connectivity index (χ0n) is 9.75. The van der Waals surface area contributed by atoms with Gasteiger partial charge < -0.3 is 14.5 Å². The van der Waals surface area contributed by atoms with Crippen molar-refractivity contribution < 1.29 is 9.53 Å². The Labute approximate surface area is 86.8 Å². The fraction of sp³-hybridized carbons (Fsp3) is 0.900. The van der Waals surface area contributed by atoms with E-state index in [1.165, 1.54) is 0 Å². The third-order valence-corrected chi connectivity index (χ3v) is 2.12. The summed E-state index contributed by atoms with van der Waals surface area (Å²) in [5.74, 6) is 0.102. The molecule has 0 radical (unpaired) electrons. The Morgan fingerprint density at radius 2 is 1.71 bits per heavy atom. The Bertz CT molecular complexity index is 154. The molecule has 4 heteroatoms. The molecule has 0 aromatic heterocycles. The minimum Gasteiger partial charge on any atom is -0.375 e. The maximum Gasteiger partial charge on any atom is 0.248 e. The van der Waals surface area contributed by atoms with Crippen LogP contribution in [0, 0.1) is 0 Å². The highest BCUT2D eigenvalue weighted by Crippen LogP contribution is 1.99. The number of nitrogens with zero attached hydrogens (tertiary/aromatic N) is 2. The number of likely N-dealkylation sites (N-methyl/N-ethyl adjacent to an activating group) is 1. The molecule has 1 rings (SSSR count). The van der Waals surface area contributed by atoms with Crippen LogP contribution in [0.15, 0.2) is 0 Å². The van der Waals surface area contributed by atoms with E-state index in [-0.39, 0.29) is 12.5 Å². The van der Waals surface area contributed by atoms with Gasteiger partial charge in [-0.15, -0.1) is 0 Å². The number of carbonyl (C=O) groups excluding carboxylic acids is 1. The fourth-order valence-corrected chi connectivity index (χ4v) is 1.27. The fourth-order valence-electron chi connectivity index (χ4n) is 1.27. The summed E-state index contributed by atoms with van der Waals surface area (Å²) < 4.78 is 4.78. The van der Waals surface area contributed by atoms with Crippen LogP contribution in [0.5, 0.6) is 0 Å². The van der Waals surface area contributed by atoms with Crippen molar-refractivity contribution >= 4 is 5.91 Å². The molecule has 1 fully saturated rings. The Balaban J connectivity index is 0.000000791. The second-order valence-electron chi connectivity index (χ2n) is 3.12. The number of ether oxygens (including phenoxy) is 1. The van der Waals surface area contributed by atoms with Gasteiger partial charge in [0.1, 0.15) is 6.61 Å². The first-order valence-electron chi connectivity index (χ1n) is 5.19. The molecule has 0 N–H and O–H groups in total. The minimum atomic E-state index is 0.102. The summed E-state index contributed by atoms with van der Waals surface area (Å²) in [5, 5.41) is 0. The molecule has 1 heterocycles. The number of carbonyl (C=O) groups is 1. The maximum atomic E-state index is 11.3. The molecule has 0 bridgehead atoms. The van der Waals surface area contributed by atoms with Crippen molar-refractivity contribution in [2.45, 2.75) is 13.8 Å². The van der Waals surface area contributed by atoms with E-state index in [1.807, 2.05) is 18.7 Å². The monoisotopic (exact) mass is 202 g/mol. The number of hydrogen-bond donors (Lipinski definition) is 0. The standard InChI is InChI=1S/C8H16N2O2.C2H6/c1-9-3-5-10(6-4-9)8(11)7-12-2;1-2/h3-7H2,1-2H3;1-2H3. The van der Waals surface area contributed by atoms with Gasteiger partial charge in [-0.25, -0.2) is 0 Å². The summed E-state index contributed by atoms with van der Waals surface area (Å²) in [4.78, 5) is 15.4. The number of methoxy groups -OCH3 is 1. The second kappa shape index (κ2) is 7.76. The Morgan fingerprint density at radius 1 is 1.21 bits per heavy atom. The van der Waals surface area contributed by atoms with Crippen molar-refractivity contribution in [1.82, 2.24) is 9.80 Å². The van der Waals surface area contributed by atoms with Gasteiger partial charge in [-0.2, -0.15) is 0 Å². The van der Waals surface area contributed by atoms with E-state index in [9.17, 15) is 4.79 Å². The van der Waals surface area contributed by atoms with Gasteiger partial charge in [0.2, 0.25) is 5.91 Å². The normalized spacial score (nSPS) is 17.3. The largest absolute Gasteiger partial charge is 0.375 e. The molecule has 1 aliphatic heterocycles. The minimum absolute atomic E-state index is 0.102. The van der Waals surface area contributed by atoms with E-state index < -0.39 is 0 Å². The molecular weight excluding hydrogens is 180 g/mol. The van der Waals surface area contributed by atoms with E-state index in [4.69, 9.17) is 4.74 Å². The first-order valence-corrected chi connectivity index (χ1v) is 5.19. The molecule has 0 unspecified atom stereocenters. The third-order valence-electron chi connectivity index (χ3n) is 2.12. The van der Waals surface area contributed by atoms with Gasteiger partial charge in [0, 0.05) is 33.3 Å². The second-order valence-corrected chi connectivity index (χ2v) is 3.12. The van der Waals surface area contributed by atoms with E-state index >= 15 is 0 Å². The van der Waals surface area contributed by atoms with Crippen LogP contribution in [0.3, 0.4) is 0 Å². The SMILES string of the molecule is CC.COCC(=O)N1CCN(C)CC1. The average Bonchev–Trinajstić information content (AvgIpc) is 2.22. The van der Waals surface area contributed by atoms with Crippen LogP contribution < -0.4 is 0 Å². The van der Waals surface area contributed by atoms with Gasteiger partial charge in [0.25, 0.3) is 0 Å². The lowest BCUT2D eigenvalue weighted by molar-refractivity contribution is -0.136. The summed E-state index contributed by atoms with van der Waals surface area (Å²) in [6.07, 6.45) is 0. The first-order chi connectivity index (χ1) is 6.74. The van der Waals surface area contributed by atoms with Crippen LogP contribution in [-0.2, 0) is 9.53 Å². The summed E-state index contributed by atoms with van der Waals surface area (Å²) in [7, 11) is 3.62. The number of rotatable bonds is 2. The molecule has 14 heavy (non-hydrogen) atoms. The number of hydrogen-bond acceptors (Lipinski definition) is 3. The van der Waals surface area contributed by atoms with Crippen LogP contribution in [0.2, 0.25) is 0 Å². The lowest BCUT2D eigenvalue weighted by Crippen LogP contribution is -2.48. The molecule has 4 nitrogen and oxygen atoms in total. The first kappa shape index (κ1) is 13.4. The zero-order chi connectivity index (χ0) is 11.0. The maximum absolute atomic E-state index is 11.3. The van der Waals surface area contributed by atoms with Gasteiger partial charge in [-0.3, -0.25) is 4.79 Å². The van der Waals surface area contributed by atoms with Gasteiger partial charge >= 0.3 is 0 Å². The van der Waals surface area contributed by atoms with Crippen molar-refractivity contribution in [2.24, 2.45) is 0 Å². The van der Waals surface area contributed by atoms with Gasteiger partial charge in [-0.1, -0.05) is 13.8 Å². The zero-order valence-corrected chi connectivity index (χ0v) is 9.75. The molecule has 0 spiro atoms. The van der Waals surface area contributed by atoms with Gasteiger partial charge in [0.15, 0.2) is 0 Å². The highest BCUT2D eigenvalue weighted by molar-refractivity contribution is 5.77. The van der Waals surface area contributed by atoms with E-state index in [0.29, 0.717) is 0 Å². The topological polar surface area (TPSA) is 32.8 Å². The number of piperazine rings is 1. The Morgan fingerprint density at radius 3 is 2.14 bits per heavy atom. The van der Waals surface area contributed by atoms with Gasteiger partial charge in [-0.05, 0) is 7.05 Å². The highest BCUT2D eigenvalue weighted by Gasteiger charge is 2.17. The van der Waals surface area contributed by atoms with Gasteiger partial charge in [0.05, 0.1) is 0 Å². The van der Waals surface area contributed by atoms with Crippen LogP contribution in [-0.4, -0.2) is 62.7 Å². The highest BCUT2D eigenvalue weighted by atomic mass is 16.5. The van der Waals surface area contributed by atoms with Crippen LogP contribution in [0.25, 0.3) is 0 Å². The molecule has 0 aromatic carbocycles. The number of amides is 1. The van der Waals surface area contributed by atoms with Crippen LogP contribution in [0.4, 0.5) is 0 Å². The lowest BCUT2D eigenvalue weighted by Gasteiger charge is -2.32. The van der Waals surface area contributed by atoms with E-state index in [1.54, 1.807) is 7.11 Å². The third kappa shape index (κ3) is 4.58. The molecule has 1 saturated heterocycles. The Hall–Kier alpha value is -0.610. The molecule has 0 saturated carbocycles. The van der Waals surface area contributed by atoms with Crippen LogP contribution >= 0.6 is 0 Å². The van der Waals surface area contributed by atoms with E-state index in [2.05, 4.69) is 11.9 Å². The molecule has 1 aliphatic rings. The smallest absolute Gasteiger partial charge is 0.248 e. The predicted molar refractivity (Wildman–Crippen MR) is 57.3 cm³/mol. The summed E-state index contributed by atoms with van der Waals surface area (Å²) in [6, 6.07) is 0. The molecule has 84 valence electrons. The average molecular weight is 202 g/mol. The summed E-state index contributed by atoms with van der Waals surface area (Å²) >= 11 is 0. The van der Waals surface area contributed by atoms with Crippen molar-refractivity contribution in [1.29, 1.82) is 0 Å². The lowest BCUT2D eigenvalue weighted by atomic mass is 10.3. The van der Waals surface area contributed by atoms with E-state index in [0.717, 1.165) is 26.2 Å². The molecule has 0 atom stereocenters. The summed E-state index contributed by atoms with van der Waals surface area (Å²) in [5.41, 5.74) is 0. The molecule has 0 aliphatic carbocycles. The molecule has 1 amide bonds.